The minimum Gasteiger partial charge on any atom is -0.376 e. The molecule has 6 nitrogen and oxygen atoms in total. The lowest BCUT2D eigenvalue weighted by molar-refractivity contribution is -0.0500. The predicted molar refractivity (Wildman–Crippen MR) is 328 cm³/mol. The maximum atomic E-state index is 13.0. The first-order chi connectivity index (χ1) is 40.0. The lowest BCUT2D eigenvalue weighted by Crippen LogP contribution is -2.28. The Morgan fingerprint density at radius 1 is 0.317 bits per heavy atom. The number of rotatable bonds is 10. The summed E-state index contributed by atoms with van der Waals surface area (Å²) in [6, 6.07) is 94.3. The van der Waals surface area contributed by atoms with E-state index in [1.807, 2.05) is 114 Å². The second-order valence-corrected chi connectivity index (χ2v) is 21.5. The maximum Gasteiger partial charge on any atom is 0.534 e. The number of aromatic nitrogens is 3. The Kier molecular flexibility index (Phi) is 13.4. The largest absolute Gasteiger partial charge is 0.534 e. The molecule has 3 heterocycles. The lowest BCUT2D eigenvalue weighted by Gasteiger charge is -2.11. The van der Waals surface area contributed by atoms with E-state index < -0.39 is 21.4 Å². The van der Waals surface area contributed by atoms with Gasteiger partial charge in [-0.2, -0.15) is 21.6 Å². The van der Waals surface area contributed by atoms with E-state index in [4.69, 9.17) is 0 Å². The number of fused-ring (bicyclic) bond motifs is 6. The van der Waals surface area contributed by atoms with Gasteiger partial charge in [-0.25, -0.2) is 0 Å². The van der Waals surface area contributed by atoms with Crippen LogP contribution in [0.1, 0.15) is 0 Å². The highest BCUT2D eigenvalue weighted by atomic mass is 32.2. The molecule has 0 fully saturated rings. The summed E-state index contributed by atoms with van der Waals surface area (Å²) >= 11 is 0. The molecular formula is C72H48F3N3O3S. The van der Waals surface area contributed by atoms with Crippen molar-refractivity contribution in [2.24, 2.45) is 0 Å². The second kappa shape index (κ2) is 21.4. The van der Waals surface area contributed by atoms with Crippen molar-refractivity contribution in [3.8, 4) is 83.9 Å². The number of para-hydroxylation sites is 2. The molecule has 0 amide bonds. The van der Waals surface area contributed by atoms with E-state index in [0.29, 0.717) is 5.52 Å². The maximum absolute atomic E-state index is 13.0. The first kappa shape index (κ1) is 51.2. The predicted octanol–water partition coefficient (Wildman–Crippen LogP) is 19.2. The summed E-state index contributed by atoms with van der Waals surface area (Å²) in [5.74, 6) is -0.421. The number of benzene rings is 11. The fourth-order valence-electron chi connectivity index (χ4n) is 10.9. The summed E-state index contributed by atoms with van der Waals surface area (Å²) in [6.45, 7) is 0. The van der Waals surface area contributed by atoms with Crippen molar-refractivity contribution >= 4 is 53.7 Å². The minimum absolute atomic E-state index is 0.421. The van der Waals surface area contributed by atoms with Crippen molar-refractivity contribution in [1.29, 1.82) is 0 Å². The summed E-state index contributed by atoms with van der Waals surface area (Å²) in [5.41, 5.74) is 13.8. The van der Waals surface area contributed by atoms with Crippen molar-refractivity contribution in [1.82, 2.24) is 14.1 Å². The molecule has 396 valence electrons. The third-order valence-corrected chi connectivity index (χ3v) is 15.8. The fourth-order valence-corrected chi connectivity index (χ4v) is 11.4. The topological polar surface area (TPSA) is 66.1 Å². The Morgan fingerprint density at radius 3 is 1.01 bits per heavy atom. The summed E-state index contributed by atoms with van der Waals surface area (Å²) < 4.78 is 71.0. The Morgan fingerprint density at radius 2 is 0.634 bits per heavy atom. The number of pyridine rings is 1. The number of alkyl halides is 3. The van der Waals surface area contributed by atoms with Crippen LogP contribution in [-0.2, 0) is 10.1 Å². The zero-order chi connectivity index (χ0) is 55.8. The molecule has 0 radical (unpaired) electrons. The van der Waals surface area contributed by atoms with Crippen molar-refractivity contribution in [2.45, 2.75) is 5.51 Å². The van der Waals surface area contributed by atoms with E-state index in [-0.39, 0.29) is 0 Å². The third-order valence-electron chi connectivity index (χ3n) is 14.8. The van der Waals surface area contributed by atoms with Gasteiger partial charge in [0.2, 0.25) is 0 Å². The van der Waals surface area contributed by atoms with Gasteiger partial charge in [-0.3, -0.25) is 4.98 Å². The van der Waals surface area contributed by atoms with E-state index in [1.165, 1.54) is 67.3 Å². The molecule has 0 aliphatic heterocycles. The number of halogens is 3. The smallest absolute Gasteiger partial charge is 0.376 e. The van der Waals surface area contributed by atoms with Crippen LogP contribution in [0.15, 0.2) is 291 Å². The monoisotopic (exact) mass is 1090 g/mol. The van der Waals surface area contributed by atoms with Crippen LogP contribution in [0.5, 0.6) is 5.75 Å². The van der Waals surface area contributed by atoms with Crippen LogP contribution in [0.2, 0.25) is 0 Å². The molecule has 11 aromatic carbocycles. The number of hydrogen-bond donors (Lipinski definition) is 0. The van der Waals surface area contributed by atoms with Gasteiger partial charge in [0.15, 0.2) is 0 Å². The van der Waals surface area contributed by atoms with Gasteiger partial charge >= 0.3 is 15.6 Å². The van der Waals surface area contributed by atoms with Crippen LogP contribution in [0.4, 0.5) is 13.2 Å². The van der Waals surface area contributed by atoms with Crippen molar-refractivity contribution in [2.75, 3.05) is 0 Å². The van der Waals surface area contributed by atoms with E-state index in [0.717, 1.165) is 61.0 Å². The molecule has 0 aliphatic carbocycles. The molecule has 3 aromatic heterocycles. The van der Waals surface area contributed by atoms with Gasteiger partial charge in [-0.05, 0) is 140 Å². The van der Waals surface area contributed by atoms with Crippen LogP contribution in [0.3, 0.4) is 0 Å². The molecule has 10 heteroatoms. The van der Waals surface area contributed by atoms with Crippen molar-refractivity contribution < 1.29 is 25.8 Å². The van der Waals surface area contributed by atoms with Gasteiger partial charge in [-0.1, -0.05) is 194 Å². The van der Waals surface area contributed by atoms with Gasteiger partial charge in [0.25, 0.3) is 0 Å². The standard InChI is InChI=1S/C41H28N2.C31H20F3NO3S/c1-3-10-29(11-4-1)30-12-7-13-31(24-30)34-19-21-38-39-22-20-35(32-14-8-15-33(25-32)36-16-9-23-42-28-36)27-41(39)43(40(38)26-34)37-17-5-2-6-18-37;32-31(33,34)39(36,37)38-26-15-17-28-27-16-14-24(23-11-7-10-22(18-23)21-8-3-1-4-9-21)19-29(27)35(30(28)20-26)25-12-5-2-6-13-25/h1-28H;1-20H. The SMILES string of the molecule is O=S(=O)(Oc1ccc2c3ccc(-c4cccc(-c5ccccc5)c4)cc3n(-c3ccccc3)c2c1)C(F)(F)F.c1ccc(-c2cccc(-c3ccc4c5ccc(-c6cccc(-c7cccnc7)c6)cc5n(-c5ccccc5)c4c3)c2)cc1. The van der Waals surface area contributed by atoms with Crippen LogP contribution >= 0.6 is 0 Å². The van der Waals surface area contributed by atoms with Crippen molar-refractivity contribution in [3.05, 3.63) is 291 Å². The molecule has 0 aliphatic rings. The molecule has 0 atom stereocenters. The highest BCUT2D eigenvalue weighted by molar-refractivity contribution is 7.88. The number of nitrogens with zero attached hydrogens (tertiary/aromatic N) is 3. The minimum atomic E-state index is -5.81. The van der Waals surface area contributed by atoms with Crippen LogP contribution in [0, 0.1) is 0 Å². The molecule has 14 aromatic rings. The molecule has 0 saturated heterocycles. The molecule has 0 bridgehead atoms. The molecule has 82 heavy (non-hydrogen) atoms. The fraction of sp³-hybridized carbons (Fsp3) is 0.0139. The van der Waals surface area contributed by atoms with Gasteiger partial charge in [-0.15, -0.1) is 0 Å². The average Bonchev–Trinajstić information content (AvgIpc) is 4.09. The zero-order valence-electron chi connectivity index (χ0n) is 43.8. The van der Waals surface area contributed by atoms with E-state index in [2.05, 4.69) is 178 Å². The summed E-state index contributed by atoms with van der Waals surface area (Å²) in [4.78, 5) is 4.32. The van der Waals surface area contributed by atoms with Gasteiger partial charge < -0.3 is 13.3 Å². The van der Waals surface area contributed by atoms with Crippen LogP contribution < -0.4 is 4.18 Å². The normalized spacial score (nSPS) is 11.7. The Balaban J connectivity index is 0.000000155. The van der Waals surface area contributed by atoms with Gasteiger partial charge in [0.05, 0.1) is 22.1 Å². The Labute approximate surface area is 472 Å². The highest BCUT2D eigenvalue weighted by Crippen LogP contribution is 2.41. The first-order valence-electron chi connectivity index (χ1n) is 26.6. The molecule has 0 saturated carbocycles. The van der Waals surface area contributed by atoms with Crippen molar-refractivity contribution in [3.63, 3.8) is 0 Å². The summed E-state index contributed by atoms with van der Waals surface area (Å²) in [7, 11) is -5.81. The lowest BCUT2D eigenvalue weighted by atomic mass is 9.97. The van der Waals surface area contributed by atoms with Gasteiger partial charge in [0.1, 0.15) is 5.75 Å². The third kappa shape index (κ3) is 9.97. The van der Waals surface area contributed by atoms with E-state index in [1.54, 1.807) is 6.07 Å². The average molecular weight is 1090 g/mol. The van der Waals surface area contributed by atoms with Crippen LogP contribution in [-0.4, -0.2) is 28.0 Å². The quantitative estimate of drug-likeness (QED) is 0.101. The summed E-state index contributed by atoms with van der Waals surface area (Å²) in [6.07, 6.45) is 3.73. The molecule has 0 unspecified atom stereocenters. The van der Waals surface area contributed by atoms with E-state index in [9.17, 15) is 21.6 Å². The molecule has 0 spiro atoms. The Hall–Kier alpha value is -10.3. The molecular weight excluding hydrogens is 1040 g/mol. The molecule has 14 rings (SSSR count). The second-order valence-electron chi connectivity index (χ2n) is 19.9. The van der Waals surface area contributed by atoms with Crippen LogP contribution in [0.25, 0.3) is 122 Å². The first-order valence-corrected chi connectivity index (χ1v) is 28.0. The Bertz CT molecular complexity index is 4620. The summed E-state index contributed by atoms with van der Waals surface area (Å²) in [5, 5.41) is 4.10. The highest BCUT2D eigenvalue weighted by Gasteiger charge is 2.48. The molecule has 0 N–H and O–H groups in total. The number of hydrogen-bond acceptors (Lipinski definition) is 4. The van der Waals surface area contributed by atoms with Gasteiger partial charge in [0, 0.05) is 56.9 Å². The van der Waals surface area contributed by atoms with E-state index >= 15 is 0 Å². The zero-order valence-corrected chi connectivity index (χ0v) is 44.6.